The third-order valence-corrected chi connectivity index (χ3v) is 3.94. The van der Waals surface area contributed by atoms with Gasteiger partial charge in [0.05, 0.1) is 11.2 Å². The molecule has 0 aliphatic rings. The van der Waals surface area contributed by atoms with Gasteiger partial charge in [-0.15, -0.1) is 10.2 Å². The van der Waals surface area contributed by atoms with Gasteiger partial charge < -0.3 is 5.32 Å². The Morgan fingerprint density at radius 1 is 0.952 bits per heavy atom. The van der Waals surface area contributed by atoms with Crippen LogP contribution in [0.1, 0.15) is 16.8 Å². The molecule has 0 aliphatic carbocycles. The number of rotatable bonds is 2. The molecule has 0 amide bonds. The third kappa shape index (κ3) is 2.54. The van der Waals surface area contributed by atoms with E-state index in [-0.39, 0.29) is 0 Å². The first-order valence-corrected chi connectivity index (χ1v) is 7.07. The molecule has 0 atom stereocenters. The second-order valence-corrected chi connectivity index (χ2v) is 5.40. The number of fused-ring (bicyclic) bond motifs is 1. The summed E-state index contributed by atoms with van der Waals surface area (Å²) >= 11 is 5.99. The number of benzene rings is 1. The highest BCUT2D eigenvalue weighted by atomic mass is 35.5. The summed E-state index contributed by atoms with van der Waals surface area (Å²) in [6, 6.07) is 10.1. The van der Waals surface area contributed by atoms with Crippen LogP contribution in [-0.2, 0) is 0 Å². The normalized spacial score (nSPS) is 10.9. The number of nitrogens with zero attached hydrogens (tertiary/aromatic N) is 3. The van der Waals surface area contributed by atoms with Crippen molar-refractivity contribution in [3.05, 3.63) is 52.3 Å². The molecular formula is C16H15ClN4. The predicted molar refractivity (Wildman–Crippen MR) is 86.3 cm³/mol. The van der Waals surface area contributed by atoms with Gasteiger partial charge in [0.1, 0.15) is 0 Å². The lowest BCUT2D eigenvalue weighted by Gasteiger charge is -2.12. The molecule has 0 saturated heterocycles. The Morgan fingerprint density at radius 3 is 2.57 bits per heavy atom. The summed E-state index contributed by atoms with van der Waals surface area (Å²) in [6.45, 7) is 5.89. The number of aryl methyl sites for hydroxylation is 1. The fourth-order valence-electron chi connectivity index (χ4n) is 2.17. The molecule has 3 rings (SSSR count). The summed E-state index contributed by atoms with van der Waals surface area (Å²) in [4.78, 5) is 4.60. The molecule has 0 aliphatic heterocycles. The lowest BCUT2D eigenvalue weighted by atomic mass is 10.1. The summed E-state index contributed by atoms with van der Waals surface area (Å²) in [5, 5.41) is 12.9. The number of hydrogen-bond donors (Lipinski definition) is 1. The van der Waals surface area contributed by atoms with Crippen molar-refractivity contribution >= 4 is 34.0 Å². The first kappa shape index (κ1) is 13.8. The molecule has 4 nitrogen and oxygen atoms in total. The summed E-state index contributed by atoms with van der Waals surface area (Å²) in [7, 11) is 0. The predicted octanol–water partition coefficient (Wildman–Crippen LogP) is 4.35. The minimum absolute atomic E-state index is 0.435. The van der Waals surface area contributed by atoms with Crippen molar-refractivity contribution in [2.75, 3.05) is 5.32 Å². The highest BCUT2D eigenvalue weighted by Gasteiger charge is 2.10. The average Bonchev–Trinajstić information content (AvgIpc) is 2.48. The molecule has 0 saturated carbocycles. The van der Waals surface area contributed by atoms with E-state index in [4.69, 9.17) is 11.6 Å². The second kappa shape index (κ2) is 5.30. The third-order valence-electron chi connectivity index (χ3n) is 3.58. The number of aromatic nitrogens is 3. The number of pyridine rings is 1. The van der Waals surface area contributed by atoms with Crippen molar-refractivity contribution in [1.29, 1.82) is 0 Å². The molecule has 1 N–H and O–H groups in total. The van der Waals surface area contributed by atoms with Crippen LogP contribution in [0.3, 0.4) is 0 Å². The van der Waals surface area contributed by atoms with Crippen LogP contribution in [0.25, 0.3) is 10.9 Å². The van der Waals surface area contributed by atoms with E-state index in [0.717, 1.165) is 33.4 Å². The van der Waals surface area contributed by atoms with Crippen LogP contribution in [0, 0.1) is 20.8 Å². The van der Waals surface area contributed by atoms with Crippen LogP contribution in [0.5, 0.6) is 0 Å². The molecule has 0 spiro atoms. The molecule has 1 aromatic carbocycles. The Labute approximate surface area is 128 Å². The summed E-state index contributed by atoms with van der Waals surface area (Å²) in [6.07, 6.45) is 0. The lowest BCUT2D eigenvalue weighted by Crippen LogP contribution is -2.02. The first-order chi connectivity index (χ1) is 10.1. The highest BCUT2D eigenvalue weighted by Crippen LogP contribution is 2.27. The van der Waals surface area contributed by atoms with Crippen molar-refractivity contribution in [3.63, 3.8) is 0 Å². The van der Waals surface area contributed by atoms with Crippen LogP contribution in [0.2, 0.25) is 5.15 Å². The SMILES string of the molecule is Cc1ccc2cccc(Nc3nnc(Cl)c(C)c3C)c2n1. The van der Waals surface area contributed by atoms with E-state index in [1.807, 2.05) is 45.0 Å². The van der Waals surface area contributed by atoms with Gasteiger partial charge in [-0.1, -0.05) is 29.8 Å². The van der Waals surface area contributed by atoms with Gasteiger partial charge in [0, 0.05) is 11.1 Å². The fourth-order valence-corrected chi connectivity index (χ4v) is 2.35. The number of nitrogens with one attached hydrogen (secondary N) is 1. The van der Waals surface area contributed by atoms with Gasteiger partial charge in [-0.3, -0.25) is 4.98 Å². The Hall–Kier alpha value is -2.20. The maximum absolute atomic E-state index is 5.99. The average molecular weight is 299 g/mol. The van der Waals surface area contributed by atoms with Crippen LogP contribution in [-0.4, -0.2) is 15.2 Å². The molecule has 5 heteroatoms. The number of para-hydroxylation sites is 1. The van der Waals surface area contributed by atoms with E-state index < -0.39 is 0 Å². The fraction of sp³-hybridized carbons (Fsp3) is 0.188. The molecule has 2 heterocycles. The highest BCUT2D eigenvalue weighted by molar-refractivity contribution is 6.30. The minimum Gasteiger partial charge on any atom is -0.337 e. The number of anilines is 2. The van der Waals surface area contributed by atoms with Gasteiger partial charge in [0.2, 0.25) is 0 Å². The maximum atomic E-state index is 5.99. The van der Waals surface area contributed by atoms with Crippen LogP contribution in [0.4, 0.5) is 11.5 Å². The van der Waals surface area contributed by atoms with E-state index in [2.05, 4.69) is 26.6 Å². The second-order valence-electron chi connectivity index (χ2n) is 5.04. The van der Waals surface area contributed by atoms with Crippen LogP contribution < -0.4 is 5.32 Å². The zero-order valence-corrected chi connectivity index (χ0v) is 12.9. The van der Waals surface area contributed by atoms with Gasteiger partial charge >= 0.3 is 0 Å². The Balaban J connectivity index is 2.10. The number of halogens is 1. The van der Waals surface area contributed by atoms with Crippen molar-refractivity contribution in [2.24, 2.45) is 0 Å². The van der Waals surface area contributed by atoms with Gasteiger partial charge in [0.25, 0.3) is 0 Å². The molecule has 21 heavy (non-hydrogen) atoms. The minimum atomic E-state index is 0.435. The van der Waals surface area contributed by atoms with E-state index >= 15 is 0 Å². The topological polar surface area (TPSA) is 50.7 Å². The largest absolute Gasteiger partial charge is 0.337 e. The van der Waals surface area contributed by atoms with E-state index in [0.29, 0.717) is 11.0 Å². The molecule has 0 unspecified atom stereocenters. The molecule has 0 radical (unpaired) electrons. The van der Waals surface area contributed by atoms with Crippen LogP contribution in [0.15, 0.2) is 30.3 Å². The molecule has 3 aromatic rings. The Bertz CT molecular complexity index is 830. The molecule has 106 valence electrons. The zero-order chi connectivity index (χ0) is 15.0. The summed E-state index contributed by atoms with van der Waals surface area (Å²) < 4.78 is 0. The molecule has 0 fully saturated rings. The Morgan fingerprint density at radius 2 is 1.76 bits per heavy atom. The van der Waals surface area contributed by atoms with Crippen molar-refractivity contribution in [1.82, 2.24) is 15.2 Å². The smallest absolute Gasteiger partial charge is 0.156 e. The summed E-state index contributed by atoms with van der Waals surface area (Å²) in [5.74, 6) is 0.702. The van der Waals surface area contributed by atoms with Gasteiger partial charge in [-0.2, -0.15) is 0 Å². The standard InChI is InChI=1S/C16H15ClN4/c1-9-7-8-12-5-4-6-13(14(12)18-9)19-16-11(3)10(2)15(17)20-21-16/h4-8H,1-3H3,(H,19,21). The Kier molecular flexibility index (Phi) is 3.47. The van der Waals surface area contributed by atoms with E-state index in [1.165, 1.54) is 0 Å². The molecule has 0 bridgehead atoms. The van der Waals surface area contributed by atoms with Gasteiger partial charge in [0.15, 0.2) is 11.0 Å². The maximum Gasteiger partial charge on any atom is 0.156 e. The van der Waals surface area contributed by atoms with Crippen molar-refractivity contribution in [3.8, 4) is 0 Å². The zero-order valence-electron chi connectivity index (χ0n) is 12.1. The van der Waals surface area contributed by atoms with Crippen LogP contribution >= 0.6 is 11.6 Å². The monoisotopic (exact) mass is 298 g/mol. The van der Waals surface area contributed by atoms with E-state index in [1.54, 1.807) is 0 Å². The quantitative estimate of drug-likeness (QED) is 0.764. The van der Waals surface area contributed by atoms with Gasteiger partial charge in [-0.05, 0) is 44.0 Å². The molecular weight excluding hydrogens is 284 g/mol. The molecule has 2 aromatic heterocycles. The van der Waals surface area contributed by atoms with Crippen molar-refractivity contribution in [2.45, 2.75) is 20.8 Å². The number of hydrogen-bond acceptors (Lipinski definition) is 4. The van der Waals surface area contributed by atoms with E-state index in [9.17, 15) is 0 Å². The first-order valence-electron chi connectivity index (χ1n) is 6.69. The van der Waals surface area contributed by atoms with Gasteiger partial charge in [-0.25, -0.2) is 0 Å². The lowest BCUT2D eigenvalue weighted by molar-refractivity contribution is 1.00. The van der Waals surface area contributed by atoms with Crippen molar-refractivity contribution < 1.29 is 0 Å². The summed E-state index contributed by atoms with van der Waals surface area (Å²) in [5.41, 5.74) is 4.73.